The van der Waals surface area contributed by atoms with Gasteiger partial charge < -0.3 is 23.9 Å². The molecule has 3 aliphatic rings. The Morgan fingerprint density at radius 2 is 1.70 bits per heavy atom. The van der Waals surface area contributed by atoms with Crippen molar-refractivity contribution in [3.63, 3.8) is 0 Å². The molecule has 2 unspecified atom stereocenters. The summed E-state index contributed by atoms with van der Waals surface area (Å²) >= 11 is 0. The van der Waals surface area contributed by atoms with Gasteiger partial charge in [-0.05, 0) is 80.7 Å². The van der Waals surface area contributed by atoms with Crippen molar-refractivity contribution < 1.29 is 33.7 Å². The van der Waals surface area contributed by atoms with Gasteiger partial charge in [-0.1, -0.05) is 6.07 Å². The maximum atomic E-state index is 13.2. The number of amides is 3. The van der Waals surface area contributed by atoms with Gasteiger partial charge in [0.15, 0.2) is 6.23 Å². The highest BCUT2D eigenvalue weighted by Gasteiger charge is 2.44. The molecule has 7 rings (SSSR count). The van der Waals surface area contributed by atoms with E-state index < -0.39 is 24.1 Å². The van der Waals surface area contributed by atoms with E-state index in [1.807, 2.05) is 24.4 Å². The molecule has 2 aromatic carbocycles. The molecule has 0 aliphatic carbocycles. The predicted molar refractivity (Wildman–Crippen MR) is 196 cm³/mol. The van der Waals surface area contributed by atoms with E-state index in [1.165, 1.54) is 0 Å². The zero-order chi connectivity index (χ0) is 37.4. The fourth-order valence-corrected chi connectivity index (χ4v) is 7.79. The monoisotopic (exact) mass is 724 g/mol. The topological polar surface area (TPSA) is 156 Å². The van der Waals surface area contributed by atoms with Crippen molar-refractivity contribution in [3.8, 4) is 28.4 Å². The normalized spacial score (nSPS) is 19.5. The van der Waals surface area contributed by atoms with E-state index in [0.29, 0.717) is 59.5 Å². The standard InChI is InChI=1S/C39H44N6O8/c1-42(22-31-33(51-3)17-23(18-34(31)52-4)30-21-43(2)37(48)29-20-40-12-9-26(29)30)24-10-13-44(14-11-24)15-16-53-25-5-6-27-28(19-25)39(50)45(38(27)49)32-7-8-35(46)41-36(32)47/h5-6,9,12,17-21,24,32,38,49H,7-8,10-11,13-16,22H2,1-4H3,(H,41,46,47). The number of nitrogens with one attached hydrogen (secondary N) is 1. The smallest absolute Gasteiger partial charge is 0.259 e. The Bertz CT molecular complexity index is 2100. The fraction of sp³-hybridized carbons (Fsp3) is 0.410. The van der Waals surface area contributed by atoms with Crippen molar-refractivity contribution >= 4 is 28.5 Å². The number of likely N-dealkylation sites (tertiary alicyclic amines) is 1. The molecule has 0 bridgehead atoms. The molecule has 2 atom stereocenters. The summed E-state index contributed by atoms with van der Waals surface area (Å²) in [5.41, 5.74) is 3.33. The zero-order valence-corrected chi connectivity index (χ0v) is 30.3. The van der Waals surface area contributed by atoms with Crippen LogP contribution in [-0.4, -0.2) is 107 Å². The van der Waals surface area contributed by atoms with Crippen LogP contribution in [0.1, 0.15) is 53.4 Å². The Kier molecular flexibility index (Phi) is 10.2. The van der Waals surface area contributed by atoms with E-state index in [1.54, 1.807) is 56.4 Å². The first-order chi connectivity index (χ1) is 25.6. The molecule has 2 fully saturated rings. The number of fused-ring (bicyclic) bond motifs is 2. The molecular formula is C39H44N6O8. The molecule has 3 aliphatic heterocycles. The number of hydrogen-bond acceptors (Lipinski definition) is 11. The lowest BCUT2D eigenvalue weighted by Gasteiger charge is -2.37. The molecule has 53 heavy (non-hydrogen) atoms. The second-order valence-electron chi connectivity index (χ2n) is 13.9. The van der Waals surface area contributed by atoms with E-state index in [0.717, 1.165) is 52.9 Å². The molecule has 4 aromatic rings. The Labute approximate surface area is 306 Å². The minimum absolute atomic E-state index is 0.104. The summed E-state index contributed by atoms with van der Waals surface area (Å²) in [6, 6.07) is 10.3. The number of carbonyl (C=O) groups is 3. The van der Waals surface area contributed by atoms with Gasteiger partial charge in [0, 0.05) is 62.3 Å². The largest absolute Gasteiger partial charge is 0.496 e. The van der Waals surface area contributed by atoms with Gasteiger partial charge in [-0.15, -0.1) is 0 Å². The van der Waals surface area contributed by atoms with E-state index in [-0.39, 0.29) is 24.3 Å². The Morgan fingerprint density at radius 1 is 0.962 bits per heavy atom. The summed E-state index contributed by atoms with van der Waals surface area (Å²) < 4.78 is 19.4. The summed E-state index contributed by atoms with van der Waals surface area (Å²) in [6.07, 6.45) is 6.08. The van der Waals surface area contributed by atoms with Crippen LogP contribution in [0, 0.1) is 0 Å². The number of benzene rings is 2. The number of rotatable bonds is 11. The number of aliphatic hydroxyl groups is 1. The van der Waals surface area contributed by atoms with Gasteiger partial charge in [-0.3, -0.25) is 44.2 Å². The lowest BCUT2D eigenvalue weighted by atomic mass is 9.98. The number of aromatic nitrogens is 2. The van der Waals surface area contributed by atoms with Crippen LogP contribution in [0.4, 0.5) is 0 Å². The van der Waals surface area contributed by atoms with Crippen LogP contribution in [-0.2, 0) is 23.2 Å². The van der Waals surface area contributed by atoms with Crippen molar-refractivity contribution in [3.05, 3.63) is 82.0 Å². The van der Waals surface area contributed by atoms with Gasteiger partial charge in [-0.25, -0.2) is 0 Å². The van der Waals surface area contributed by atoms with Gasteiger partial charge in [0.05, 0.1) is 30.7 Å². The molecule has 2 saturated heterocycles. The molecule has 2 aromatic heterocycles. The highest BCUT2D eigenvalue weighted by Crippen LogP contribution is 2.39. The highest BCUT2D eigenvalue weighted by molar-refractivity contribution is 6.06. The Balaban J connectivity index is 0.945. The van der Waals surface area contributed by atoms with Crippen LogP contribution in [0.3, 0.4) is 0 Å². The Hall–Kier alpha value is -5.31. The lowest BCUT2D eigenvalue weighted by Crippen LogP contribution is -2.53. The number of methoxy groups -OCH3 is 2. The number of piperidine rings is 2. The molecule has 0 saturated carbocycles. The minimum atomic E-state index is -1.26. The first-order valence-electron chi connectivity index (χ1n) is 17.8. The first kappa shape index (κ1) is 36.1. The molecule has 5 heterocycles. The third kappa shape index (κ3) is 6.97. The highest BCUT2D eigenvalue weighted by atomic mass is 16.5. The van der Waals surface area contributed by atoms with Crippen LogP contribution >= 0.6 is 0 Å². The zero-order valence-electron chi connectivity index (χ0n) is 30.3. The van der Waals surface area contributed by atoms with Crippen LogP contribution in [0.2, 0.25) is 0 Å². The molecule has 0 spiro atoms. The molecular weight excluding hydrogens is 680 g/mol. The van der Waals surface area contributed by atoms with Gasteiger partial charge in [0.1, 0.15) is 29.9 Å². The number of hydrogen-bond donors (Lipinski definition) is 2. The Morgan fingerprint density at radius 3 is 2.40 bits per heavy atom. The lowest BCUT2D eigenvalue weighted by molar-refractivity contribution is -0.139. The molecule has 278 valence electrons. The quantitative estimate of drug-likeness (QED) is 0.220. The van der Waals surface area contributed by atoms with Crippen molar-refractivity contribution in [2.45, 2.75) is 50.5 Å². The average molecular weight is 725 g/mol. The fourth-order valence-electron chi connectivity index (χ4n) is 7.79. The van der Waals surface area contributed by atoms with Gasteiger partial charge in [-0.2, -0.15) is 0 Å². The first-order valence-corrected chi connectivity index (χ1v) is 17.8. The van der Waals surface area contributed by atoms with Crippen molar-refractivity contribution in [1.82, 2.24) is 29.6 Å². The second-order valence-corrected chi connectivity index (χ2v) is 13.9. The molecule has 2 N–H and O–H groups in total. The van der Waals surface area contributed by atoms with Crippen LogP contribution < -0.4 is 25.1 Å². The summed E-state index contributed by atoms with van der Waals surface area (Å²) in [7, 11) is 7.17. The van der Waals surface area contributed by atoms with E-state index >= 15 is 0 Å². The summed E-state index contributed by atoms with van der Waals surface area (Å²) in [5, 5.41) is 14.5. The number of aryl methyl sites for hydroxylation is 1. The summed E-state index contributed by atoms with van der Waals surface area (Å²) in [6.45, 7) is 3.57. The third-order valence-electron chi connectivity index (χ3n) is 10.7. The van der Waals surface area contributed by atoms with Gasteiger partial charge >= 0.3 is 0 Å². The summed E-state index contributed by atoms with van der Waals surface area (Å²) in [5.74, 6) is 0.521. The van der Waals surface area contributed by atoms with Crippen LogP contribution in [0.5, 0.6) is 17.2 Å². The molecule has 3 amide bonds. The number of nitrogens with zero attached hydrogens (tertiary/aromatic N) is 5. The number of carbonyl (C=O) groups excluding carboxylic acids is 3. The predicted octanol–water partition coefficient (Wildman–Crippen LogP) is 2.84. The second kappa shape index (κ2) is 15.0. The van der Waals surface area contributed by atoms with Crippen molar-refractivity contribution in [2.24, 2.45) is 7.05 Å². The number of pyridine rings is 2. The number of ether oxygens (including phenoxy) is 3. The average Bonchev–Trinajstić information content (AvgIpc) is 3.41. The number of imide groups is 1. The van der Waals surface area contributed by atoms with Crippen molar-refractivity contribution in [1.29, 1.82) is 0 Å². The maximum absolute atomic E-state index is 13.2. The SMILES string of the molecule is COc1cc(-c2cn(C)c(=O)c3cnccc23)cc(OC)c1CN(C)C1CCN(CCOc2ccc3c(c2)C(=O)N(C2CCC(=O)NC2=O)C3O)CC1. The van der Waals surface area contributed by atoms with Gasteiger partial charge in [0.2, 0.25) is 11.8 Å². The minimum Gasteiger partial charge on any atom is -0.496 e. The number of aliphatic hydroxyl groups excluding tert-OH is 1. The van der Waals surface area contributed by atoms with E-state index in [2.05, 4.69) is 27.1 Å². The van der Waals surface area contributed by atoms with E-state index in [9.17, 15) is 24.3 Å². The van der Waals surface area contributed by atoms with Gasteiger partial charge in [0.25, 0.3) is 11.5 Å². The van der Waals surface area contributed by atoms with Crippen molar-refractivity contribution in [2.75, 3.05) is 47.5 Å². The maximum Gasteiger partial charge on any atom is 0.259 e. The third-order valence-corrected chi connectivity index (χ3v) is 10.7. The van der Waals surface area contributed by atoms with E-state index in [4.69, 9.17) is 14.2 Å². The van der Waals surface area contributed by atoms with Crippen LogP contribution in [0.15, 0.2) is 59.8 Å². The van der Waals surface area contributed by atoms with Crippen LogP contribution in [0.25, 0.3) is 21.9 Å². The molecule has 0 radical (unpaired) electrons. The molecule has 14 heteroatoms. The molecule has 14 nitrogen and oxygen atoms in total. The summed E-state index contributed by atoms with van der Waals surface area (Å²) in [4.78, 5) is 60.0.